The maximum Gasteiger partial charge on any atom is 0.357 e. The molecule has 0 aliphatic heterocycles. The van der Waals surface area contributed by atoms with Crippen molar-refractivity contribution in [3.8, 4) is 0 Å². The van der Waals surface area contributed by atoms with Crippen molar-refractivity contribution in [2.75, 3.05) is 0 Å². The smallest absolute Gasteiger partial charge is 0.357 e. The van der Waals surface area contributed by atoms with Gasteiger partial charge in [0.15, 0.2) is 17.0 Å². The normalized spacial score (nSPS) is 10.5. The van der Waals surface area contributed by atoms with Gasteiger partial charge in [-0.2, -0.15) is 0 Å². The topological polar surface area (TPSA) is 78.4 Å². The van der Waals surface area contributed by atoms with Crippen LogP contribution < -0.4 is 0 Å². The number of hydrogen-bond donors (Lipinski definition) is 0. The van der Waals surface area contributed by atoms with Crippen molar-refractivity contribution in [3.05, 3.63) is 107 Å². The summed E-state index contributed by atoms with van der Waals surface area (Å²) in [6, 6.07) is 25.3. The number of ether oxygens (including phenoxy) is 2. The molecule has 4 aromatic rings. The molecule has 2 heterocycles. The molecule has 2 aromatic heterocycles. The quantitative estimate of drug-likeness (QED) is 0.450. The van der Waals surface area contributed by atoms with Crippen LogP contribution in [0.15, 0.2) is 84.9 Å². The molecule has 4 rings (SSSR count). The van der Waals surface area contributed by atoms with Gasteiger partial charge in [-0.15, -0.1) is 0 Å². The minimum Gasteiger partial charge on any atom is -0.456 e. The summed E-state index contributed by atoms with van der Waals surface area (Å²) in [5, 5.41) is 0.703. The summed E-state index contributed by atoms with van der Waals surface area (Å²) >= 11 is 0. The van der Waals surface area contributed by atoms with E-state index in [0.29, 0.717) is 5.39 Å². The first kappa shape index (κ1) is 19.3. The first-order valence-electron chi connectivity index (χ1n) is 9.39. The lowest BCUT2D eigenvalue weighted by Crippen LogP contribution is -2.10. The van der Waals surface area contributed by atoms with Crippen molar-refractivity contribution in [2.24, 2.45) is 0 Å². The Morgan fingerprint density at radius 2 is 1.03 bits per heavy atom. The van der Waals surface area contributed by atoms with Crippen LogP contribution in [0.4, 0.5) is 0 Å². The molecule has 6 heteroatoms. The Balaban J connectivity index is 1.46. The van der Waals surface area contributed by atoms with Crippen LogP contribution in [0.25, 0.3) is 11.0 Å². The summed E-state index contributed by atoms with van der Waals surface area (Å²) in [6.45, 7) is 0.303. The van der Waals surface area contributed by atoms with Gasteiger partial charge in [-0.1, -0.05) is 60.7 Å². The van der Waals surface area contributed by atoms with Gasteiger partial charge in [-0.25, -0.2) is 19.6 Å². The average molecular weight is 398 g/mol. The van der Waals surface area contributed by atoms with E-state index in [1.807, 2.05) is 60.7 Å². The number of benzene rings is 2. The number of pyridine rings is 2. The number of hydrogen-bond acceptors (Lipinski definition) is 6. The minimum atomic E-state index is -0.556. The lowest BCUT2D eigenvalue weighted by molar-refractivity contribution is 0.0459. The molecule has 0 saturated heterocycles. The first-order chi connectivity index (χ1) is 14.7. The third-order valence-electron chi connectivity index (χ3n) is 4.40. The second kappa shape index (κ2) is 8.96. The van der Waals surface area contributed by atoms with E-state index in [9.17, 15) is 9.59 Å². The molecule has 0 atom stereocenters. The average Bonchev–Trinajstić information content (AvgIpc) is 2.81. The van der Waals surface area contributed by atoms with Crippen molar-refractivity contribution < 1.29 is 19.1 Å². The fraction of sp³-hybridized carbons (Fsp3) is 0.0833. The molecule has 2 aromatic carbocycles. The van der Waals surface area contributed by atoms with E-state index in [1.54, 1.807) is 24.3 Å². The summed E-state index contributed by atoms with van der Waals surface area (Å²) in [5.74, 6) is -1.11. The third kappa shape index (κ3) is 4.67. The van der Waals surface area contributed by atoms with Crippen LogP contribution in [0.5, 0.6) is 0 Å². The Morgan fingerprint density at radius 3 is 1.47 bits per heavy atom. The molecule has 6 nitrogen and oxygen atoms in total. The maximum atomic E-state index is 12.3. The molecule has 30 heavy (non-hydrogen) atoms. The second-order valence-corrected chi connectivity index (χ2v) is 6.56. The van der Waals surface area contributed by atoms with Gasteiger partial charge in [-0.05, 0) is 35.4 Å². The van der Waals surface area contributed by atoms with Crippen molar-refractivity contribution >= 4 is 23.0 Å². The Labute approximate surface area is 173 Å². The van der Waals surface area contributed by atoms with E-state index < -0.39 is 11.9 Å². The number of fused-ring (bicyclic) bond motifs is 1. The molecule has 0 aliphatic carbocycles. The molecular weight excluding hydrogens is 380 g/mol. The van der Waals surface area contributed by atoms with Crippen LogP contribution in [0, 0.1) is 0 Å². The zero-order valence-corrected chi connectivity index (χ0v) is 16.0. The summed E-state index contributed by atoms with van der Waals surface area (Å²) in [6.07, 6.45) is 0. The molecule has 0 spiro atoms. The van der Waals surface area contributed by atoms with E-state index in [2.05, 4.69) is 9.97 Å². The summed E-state index contributed by atoms with van der Waals surface area (Å²) in [7, 11) is 0. The second-order valence-electron chi connectivity index (χ2n) is 6.56. The molecule has 0 amide bonds. The lowest BCUT2D eigenvalue weighted by atomic mass is 10.2. The zero-order valence-electron chi connectivity index (χ0n) is 16.0. The largest absolute Gasteiger partial charge is 0.456 e. The Kier molecular flexibility index (Phi) is 5.75. The number of aromatic nitrogens is 2. The highest BCUT2D eigenvalue weighted by Gasteiger charge is 2.14. The van der Waals surface area contributed by atoms with E-state index in [1.165, 1.54) is 0 Å². The van der Waals surface area contributed by atoms with Crippen LogP contribution in [0.3, 0.4) is 0 Å². The Morgan fingerprint density at radius 1 is 0.600 bits per heavy atom. The maximum absolute atomic E-state index is 12.3. The summed E-state index contributed by atoms with van der Waals surface area (Å²) in [4.78, 5) is 33.2. The van der Waals surface area contributed by atoms with Crippen molar-refractivity contribution in [1.29, 1.82) is 0 Å². The van der Waals surface area contributed by atoms with Gasteiger partial charge in [0.2, 0.25) is 0 Å². The molecule has 0 fully saturated rings. The fourth-order valence-corrected chi connectivity index (χ4v) is 2.82. The Hall–Kier alpha value is -4.06. The third-order valence-corrected chi connectivity index (χ3v) is 4.40. The molecule has 0 aliphatic rings. The monoisotopic (exact) mass is 398 g/mol. The van der Waals surface area contributed by atoms with Crippen LogP contribution in [-0.2, 0) is 22.7 Å². The van der Waals surface area contributed by atoms with Gasteiger partial charge >= 0.3 is 11.9 Å². The number of esters is 2. The highest BCUT2D eigenvalue weighted by molar-refractivity contribution is 5.92. The van der Waals surface area contributed by atoms with Crippen molar-refractivity contribution in [2.45, 2.75) is 13.2 Å². The Bertz CT molecular complexity index is 1090. The number of carbonyl (C=O) groups excluding carboxylic acids is 2. The number of carbonyl (C=O) groups is 2. The SMILES string of the molecule is O=C(OCc1ccccc1)c1ccc2ccc(C(=O)OCc3ccccc3)nc2n1. The first-order valence-corrected chi connectivity index (χ1v) is 9.39. The molecule has 0 N–H and O–H groups in total. The van der Waals surface area contributed by atoms with Gasteiger partial charge in [0.05, 0.1) is 0 Å². The molecular formula is C24H18N2O4. The number of rotatable bonds is 6. The van der Waals surface area contributed by atoms with Gasteiger partial charge < -0.3 is 9.47 Å². The lowest BCUT2D eigenvalue weighted by Gasteiger charge is -2.07. The van der Waals surface area contributed by atoms with Gasteiger partial charge in [-0.3, -0.25) is 0 Å². The standard InChI is InChI=1S/C24H18N2O4/c27-23(29-15-17-7-3-1-4-8-17)20-13-11-19-12-14-21(26-22(19)25-20)24(28)30-16-18-9-5-2-6-10-18/h1-14H,15-16H2. The summed E-state index contributed by atoms with van der Waals surface area (Å²) < 4.78 is 10.6. The van der Waals surface area contributed by atoms with E-state index in [-0.39, 0.29) is 30.2 Å². The molecule has 0 bridgehead atoms. The van der Waals surface area contributed by atoms with Crippen molar-refractivity contribution in [1.82, 2.24) is 9.97 Å². The fourth-order valence-electron chi connectivity index (χ4n) is 2.82. The molecule has 0 radical (unpaired) electrons. The minimum absolute atomic E-state index is 0.126. The molecule has 0 saturated carbocycles. The van der Waals surface area contributed by atoms with Gasteiger partial charge in [0.1, 0.15) is 13.2 Å². The highest BCUT2D eigenvalue weighted by atomic mass is 16.5. The predicted octanol–water partition coefficient (Wildman–Crippen LogP) is 4.34. The molecule has 148 valence electrons. The van der Waals surface area contributed by atoms with Crippen LogP contribution >= 0.6 is 0 Å². The van der Waals surface area contributed by atoms with Crippen LogP contribution in [0.2, 0.25) is 0 Å². The van der Waals surface area contributed by atoms with Crippen LogP contribution in [0.1, 0.15) is 32.1 Å². The van der Waals surface area contributed by atoms with Crippen LogP contribution in [-0.4, -0.2) is 21.9 Å². The van der Waals surface area contributed by atoms with E-state index >= 15 is 0 Å². The van der Waals surface area contributed by atoms with E-state index in [0.717, 1.165) is 11.1 Å². The van der Waals surface area contributed by atoms with Crippen molar-refractivity contribution in [3.63, 3.8) is 0 Å². The van der Waals surface area contributed by atoms with Gasteiger partial charge in [0, 0.05) is 5.39 Å². The van der Waals surface area contributed by atoms with E-state index in [4.69, 9.17) is 9.47 Å². The predicted molar refractivity (Wildman–Crippen MR) is 111 cm³/mol. The zero-order chi connectivity index (χ0) is 20.8. The molecule has 0 unspecified atom stereocenters. The highest BCUT2D eigenvalue weighted by Crippen LogP contribution is 2.14. The number of nitrogens with zero attached hydrogens (tertiary/aromatic N) is 2. The van der Waals surface area contributed by atoms with Gasteiger partial charge in [0.25, 0.3) is 0 Å². The summed E-state index contributed by atoms with van der Waals surface area (Å²) in [5.41, 5.74) is 2.29.